The lowest BCUT2D eigenvalue weighted by atomic mass is 10.2. The number of urea groups is 1. The Morgan fingerprint density at radius 2 is 2.00 bits per heavy atom. The molecule has 0 saturated carbocycles. The summed E-state index contributed by atoms with van der Waals surface area (Å²) in [6, 6.07) is 10.3. The zero-order valence-corrected chi connectivity index (χ0v) is 16.2. The molecule has 0 radical (unpaired) electrons. The van der Waals surface area contributed by atoms with Gasteiger partial charge in [-0.1, -0.05) is 42.5 Å². The molecule has 1 fully saturated rings. The van der Waals surface area contributed by atoms with E-state index < -0.39 is 0 Å². The van der Waals surface area contributed by atoms with E-state index >= 15 is 0 Å². The molecule has 0 spiro atoms. The van der Waals surface area contributed by atoms with E-state index in [4.69, 9.17) is 0 Å². The van der Waals surface area contributed by atoms with Gasteiger partial charge in [-0.25, -0.2) is 9.78 Å². The van der Waals surface area contributed by atoms with E-state index in [1.54, 1.807) is 11.3 Å². The van der Waals surface area contributed by atoms with Crippen LogP contribution >= 0.6 is 11.3 Å². The summed E-state index contributed by atoms with van der Waals surface area (Å²) in [6.07, 6.45) is 4.34. The molecule has 1 aliphatic rings. The van der Waals surface area contributed by atoms with E-state index in [1.807, 2.05) is 42.3 Å². The number of hydrogen-bond donors (Lipinski definition) is 1. The van der Waals surface area contributed by atoms with Gasteiger partial charge in [-0.2, -0.15) is 0 Å². The van der Waals surface area contributed by atoms with Crippen LogP contribution in [0.15, 0.2) is 41.8 Å². The maximum absolute atomic E-state index is 12.5. The van der Waals surface area contributed by atoms with Crippen molar-refractivity contribution >= 4 is 23.4 Å². The van der Waals surface area contributed by atoms with Crippen LogP contribution in [0, 0.1) is 6.92 Å². The molecule has 1 aliphatic heterocycles. The van der Waals surface area contributed by atoms with E-state index in [-0.39, 0.29) is 12.1 Å². The molecule has 1 unspecified atom stereocenters. The summed E-state index contributed by atoms with van der Waals surface area (Å²) in [5.74, 6) is 0. The third-order valence-electron chi connectivity index (χ3n) is 4.55. The van der Waals surface area contributed by atoms with Crippen LogP contribution < -0.4 is 5.32 Å². The second kappa shape index (κ2) is 8.96. The second-order valence-corrected chi connectivity index (χ2v) is 7.63. The van der Waals surface area contributed by atoms with Gasteiger partial charge in [0.1, 0.15) is 0 Å². The van der Waals surface area contributed by atoms with Gasteiger partial charge in [0.25, 0.3) is 0 Å². The first-order valence-corrected chi connectivity index (χ1v) is 9.91. The molecule has 2 amide bonds. The minimum atomic E-state index is -0.0562. The van der Waals surface area contributed by atoms with Crippen molar-refractivity contribution in [1.29, 1.82) is 0 Å². The maximum Gasteiger partial charge on any atom is 0.318 e. The number of thiazole rings is 1. The predicted octanol–water partition coefficient (Wildman–Crippen LogP) is 3.55. The third kappa shape index (κ3) is 5.16. The van der Waals surface area contributed by atoms with Gasteiger partial charge < -0.3 is 10.2 Å². The van der Waals surface area contributed by atoms with Crippen LogP contribution in [-0.2, 0) is 0 Å². The third-order valence-corrected chi connectivity index (χ3v) is 5.35. The number of aromatic nitrogens is 1. The molecule has 6 heteroatoms. The Hall–Kier alpha value is -2.18. The van der Waals surface area contributed by atoms with Crippen LogP contribution in [0.2, 0.25) is 0 Å². The Balaban J connectivity index is 1.41. The number of piperazine rings is 1. The summed E-state index contributed by atoms with van der Waals surface area (Å²) in [5, 5.41) is 6.09. The Morgan fingerprint density at radius 3 is 2.65 bits per heavy atom. The standard InChI is InChI=1S/C20H26N4OS/c1-16(19-15-26-17(2)22-19)21-20(25)24-13-11-23(12-14-24)10-6-9-18-7-4-3-5-8-18/h3-9,15-16H,10-14H2,1-2H3,(H,21,25)/b9-6+. The van der Waals surface area contributed by atoms with Gasteiger partial charge in [0.2, 0.25) is 0 Å². The predicted molar refractivity (Wildman–Crippen MR) is 107 cm³/mol. The number of aryl methyl sites for hydroxylation is 1. The molecule has 5 nitrogen and oxygen atoms in total. The van der Waals surface area contributed by atoms with E-state index in [2.05, 4.69) is 39.5 Å². The number of nitrogens with one attached hydrogen (secondary N) is 1. The van der Waals surface area contributed by atoms with Crippen molar-refractivity contribution in [2.75, 3.05) is 32.7 Å². The highest BCUT2D eigenvalue weighted by molar-refractivity contribution is 7.09. The van der Waals surface area contributed by atoms with E-state index in [9.17, 15) is 4.79 Å². The van der Waals surface area contributed by atoms with Crippen molar-refractivity contribution in [3.63, 3.8) is 0 Å². The highest BCUT2D eigenvalue weighted by Gasteiger charge is 2.22. The lowest BCUT2D eigenvalue weighted by Crippen LogP contribution is -2.52. The summed E-state index contributed by atoms with van der Waals surface area (Å²) in [6.45, 7) is 8.19. The first-order chi connectivity index (χ1) is 12.6. The number of amides is 2. The molecule has 1 N–H and O–H groups in total. The van der Waals surface area contributed by atoms with E-state index in [0.29, 0.717) is 0 Å². The normalized spacial score (nSPS) is 16.8. The number of nitrogens with zero attached hydrogens (tertiary/aromatic N) is 3. The summed E-state index contributed by atoms with van der Waals surface area (Å²) < 4.78 is 0. The van der Waals surface area contributed by atoms with Crippen molar-refractivity contribution in [2.45, 2.75) is 19.9 Å². The van der Waals surface area contributed by atoms with Crippen LogP contribution in [0.5, 0.6) is 0 Å². The molecule has 1 aromatic carbocycles. The minimum Gasteiger partial charge on any atom is -0.330 e. The van der Waals surface area contributed by atoms with E-state index in [1.165, 1.54) is 5.56 Å². The molecule has 0 bridgehead atoms. The molecule has 138 valence electrons. The van der Waals surface area contributed by atoms with Gasteiger partial charge in [-0.15, -0.1) is 11.3 Å². The zero-order valence-electron chi connectivity index (χ0n) is 15.4. The highest BCUT2D eigenvalue weighted by atomic mass is 32.1. The Bertz CT molecular complexity index is 735. The van der Waals surface area contributed by atoms with Gasteiger partial charge in [0, 0.05) is 38.1 Å². The van der Waals surface area contributed by atoms with Gasteiger partial charge in [-0.3, -0.25) is 4.90 Å². The van der Waals surface area contributed by atoms with Crippen LogP contribution in [0.3, 0.4) is 0 Å². The van der Waals surface area contributed by atoms with Crippen molar-refractivity contribution in [3.8, 4) is 0 Å². The minimum absolute atomic E-state index is 0.00244. The number of carbonyl (C=O) groups is 1. The lowest BCUT2D eigenvalue weighted by molar-refractivity contribution is 0.145. The SMILES string of the molecule is Cc1nc(C(C)NC(=O)N2CCN(C/C=C/c3ccccc3)CC2)cs1. The summed E-state index contributed by atoms with van der Waals surface area (Å²) in [7, 11) is 0. The fourth-order valence-corrected chi connectivity index (χ4v) is 3.67. The first kappa shape index (κ1) is 18.6. The molecule has 26 heavy (non-hydrogen) atoms. The average Bonchev–Trinajstić information content (AvgIpc) is 3.10. The fraction of sp³-hybridized carbons (Fsp3) is 0.400. The molecule has 3 rings (SSSR count). The van der Waals surface area contributed by atoms with Crippen molar-refractivity contribution < 1.29 is 4.79 Å². The monoisotopic (exact) mass is 370 g/mol. The van der Waals surface area contributed by atoms with Crippen LogP contribution in [0.25, 0.3) is 6.08 Å². The molecule has 1 atom stereocenters. The maximum atomic E-state index is 12.5. The summed E-state index contributed by atoms with van der Waals surface area (Å²) >= 11 is 1.61. The van der Waals surface area contributed by atoms with Crippen molar-refractivity contribution in [1.82, 2.24) is 20.1 Å². The van der Waals surface area contributed by atoms with Gasteiger partial charge in [-0.05, 0) is 19.4 Å². The van der Waals surface area contributed by atoms with Gasteiger partial charge >= 0.3 is 6.03 Å². The van der Waals surface area contributed by atoms with Crippen LogP contribution in [0.1, 0.15) is 29.2 Å². The topological polar surface area (TPSA) is 48.5 Å². The zero-order chi connectivity index (χ0) is 18.4. The van der Waals surface area contributed by atoms with E-state index in [0.717, 1.165) is 43.4 Å². The molecule has 1 saturated heterocycles. The number of benzene rings is 1. The van der Waals surface area contributed by atoms with Crippen molar-refractivity contribution in [3.05, 3.63) is 58.1 Å². The summed E-state index contributed by atoms with van der Waals surface area (Å²) in [5.41, 5.74) is 2.15. The molecular formula is C20H26N4OS. The lowest BCUT2D eigenvalue weighted by Gasteiger charge is -2.34. The van der Waals surface area contributed by atoms with Crippen LogP contribution in [-0.4, -0.2) is 53.5 Å². The molecule has 2 heterocycles. The molecular weight excluding hydrogens is 344 g/mol. The quantitative estimate of drug-likeness (QED) is 0.876. The van der Waals surface area contributed by atoms with Gasteiger partial charge in [0.05, 0.1) is 16.7 Å². The molecule has 0 aliphatic carbocycles. The Labute approximate surface area is 159 Å². The average molecular weight is 371 g/mol. The second-order valence-electron chi connectivity index (χ2n) is 6.56. The number of carbonyl (C=O) groups excluding carboxylic acids is 1. The van der Waals surface area contributed by atoms with Gasteiger partial charge in [0.15, 0.2) is 0 Å². The molecule has 2 aromatic rings. The largest absolute Gasteiger partial charge is 0.330 e. The molecule has 1 aromatic heterocycles. The number of rotatable bonds is 5. The van der Waals surface area contributed by atoms with Crippen LogP contribution in [0.4, 0.5) is 4.79 Å². The highest BCUT2D eigenvalue weighted by Crippen LogP contribution is 2.16. The fourth-order valence-electron chi connectivity index (χ4n) is 2.97. The Kier molecular flexibility index (Phi) is 6.41. The first-order valence-electron chi connectivity index (χ1n) is 9.03. The smallest absolute Gasteiger partial charge is 0.318 e. The number of hydrogen-bond acceptors (Lipinski definition) is 4. The Morgan fingerprint density at radius 1 is 1.27 bits per heavy atom. The summed E-state index contributed by atoms with van der Waals surface area (Å²) in [4.78, 5) is 21.2. The van der Waals surface area contributed by atoms with Crippen molar-refractivity contribution in [2.24, 2.45) is 0 Å².